The Labute approximate surface area is 174 Å². The van der Waals surface area contributed by atoms with E-state index in [1.165, 1.54) is 26.2 Å². The molecule has 0 amide bonds. The highest BCUT2D eigenvalue weighted by Gasteiger charge is 2.34. The maximum atomic E-state index is 12.5. The van der Waals surface area contributed by atoms with Gasteiger partial charge in [0.15, 0.2) is 5.82 Å². The van der Waals surface area contributed by atoms with Gasteiger partial charge in [0.1, 0.15) is 5.39 Å². The van der Waals surface area contributed by atoms with Gasteiger partial charge in [-0.1, -0.05) is 0 Å². The van der Waals surface area contributed by atoms with Crippen molar-refractivity contribution < 1.29 is 8.42 Å². The molecule has 30 heavy (non-hydrogen) atoms. The lowest BCUT2D eigenvalue weighted by atomic mass is 10.1. The van der Waals surface area contributed by atoms with E-state index >= 15 is 0 Å². The third-order valence-corrected chi connectivity index (χ3v) is 7.14. The van der Waals surface area contributed by atoms with Crippen LogP contribution >= 0.6 is 0 Å². The molecule has 0 unspecified atom stereocenters. The van der Waals surface area contributed by atoms with E-state index in [0.29, 0.717) is 34.7 Å². The summed E-state index contributed by atoms with van der Waals surface area (Å²) in [6.45, 7) is 0. The molecule has 9 nitrogen and oxygen atoms in total. The lowest BCUT2D eigenvalue weighted by Crippen LogP contribution is -2.22. The minimum absolute atomic E-state index is 0.0811. The zero-order valence-corrected chi connectivity index (χ0v) is 17.5. The minimum atomic E-state index is -3.52. The van der Waals surface area contributed by atoms with Crippen LogP contribution in [0.15, 0.2) is 46.2 Å². The number of nitriles is 1. The van der Waals surface area contributed by atoms with Crippen LogP contribution in [0.2, 0.25) is 0 Å². The van der Waals surface area contributed by atoms with Gasteiger partial charge in [0.2, 0.25) is 10.0 Å². The molecule has 1 aliphatic rings. The second-order valence-corrected chi connectivity index (χ2v) is 9.72. The Morgan fingerprint density at radius 2 is 2.00 bits per heavy atom. The van der Waals surface area contributed by atoms with Gasteiger partial charge in [-0.25, -0.2) is 12.7 Å². The Morgan fingerprint density at radius 3 is 2.60 bits per heavy atom. The van der Waals surface area contributed by atoms with E-state index in [9.17, 15) is 18.5 Å². The van der Waals surface area contributed by atoms with Gasteiger partial charge in [-0.2, -0.15) is 10.4 Å². The molecule has 1 aromatic carbocycles. The molecule has 0 saturated heterocycles. The molecular weight excluding hydrogens is 404 g/mol. The first-order chi connectivity index (χ1) is 14.3. The molecule has 0 spiro atoms. The number of anilines is 2. The number of sulfonamides is 1. The average Bonchev–Trinajstić information content (AvgIpc) is 3.49. The number of hydrogen-bond acceptors (Lipinski definition) is 6. The van der Waals surface area contributed by atoms with E-state index in [2.05, 4.69) is 21.5 Å². The molecular formula is C20H22N6O3S. The standard InChI is InChI=1S/C20H22N6O3S/c1-25(2)30(28,29)15-7-5-14(6-8-15)23-19-18-17(10-12-22-20(18)27)26(24-19)16(9-11-21)13-3-4-13/h5-8,10,12-13,16H,3-4,9H2,1-2H3,(H,22,27)(H,23,24)/t16-/m1/s1. The highest BCUT2D eigenvalue weighted by molar-refractivity contribution is 7.89. The summed E-state index contributed by atoms with van der Waals surface area (Å²) in [7, 11) is -0.571. The number of benzene rings is 1. The van der Waals surface area contributed by atoms with Crippen LogP contribution in [0, 0.1) is 17.2 Å². The van der Waals surface area contributed by atoms with Crippen LogP contribution in [0.4, 0.5) is 11.5 Å². The van der Waals surface area contributed by atoms with Gasteiger partial charge in [-0.05, 0) is 49.1 Å². The molecule has 156 valence electrons. The SMILES string of the molecule is CN(C)S(=O)(=O)c1ccc(Nc2nn([C@H](CC#N)C3CC3)c3cc[nH]c(=O)c23)cc1. The molecule has 0 aliphatic heterocycles. The van der Waals surface area contributed by atoms with Crippen LogP contribution in [0.1, 0.15) is 25.3 Å². The topological polar surface area (TPSA) is 124 Å². The van der Waals surface area contributed by atoms with Gasteiger partial charge >= 0.3 is 0 Å². The molecule has 4 rings (SSSR count). The number of aromatic amines is 1. The van der Waals surface area contributed by atoms with Gasteiger partial charge in [-0.3, -0.25) is 9.48 Å². The monoisotopic (exact) mass is 426 g/mol. The summed E-state index contributed by atoms with van der Waals surface area (Å²) in [4.78, 5) is 15.4. The summed E-state index contributed by atoms with van der Waals surface area (Å²) in [6.07, 6.45) is 3.98. The Morgan fingerprint density at radius 1 is 1.30 bits per heavy atom. The zero-order chi connectivity index (χ0) is 21.5. The van der Waals surface area contributed by atoms with Crippen molar-refractivity contribution in [1.29, 1.82) is 5.26 Å². The smallest absolute Gasteiger partial charge is 0.261 e. The molecule has 0 radical (unpaired) electrons. The zero-order valence-electron chi connectivity index (χ0n) is 16.7. The Hall–Kier alpha value is -3.16. The van der Waals surface area contributed by atoms with E-state index in [1.54, 1.807) is 29.1 Å². The molecule has 2 N–H and O–H groups in total. The van der Waals surface area contributed by atoms with Crippen molar-refractivity contribution in [2.45, 2.75) is 30.2 Å². The third kappa shape index (κ3) is 3.58. The molecule has 2 aromatic heterocycles. The summed E-state index contributed by atoms with van der Waals surface area (Å²) in [5, 5.41) is 17.4. The quantitative estimate of drug-likeness (QED) is 0.598. The third-order valence-electron chi connectivity index (χ3n) is 5.31. The van der Waals surface area contributed by atoms with Gasteiger partial charge in [0.05, 0.1) is 28.9 Å². The molecule has 1 atom stereocenters. The number of H-pyrrole nitrogens is 1. The fourth-order valence-electron chi connectivity index (χ4n) is 3.52. The second-order valence-electron chi connectivity index (χ2n) is 7.56. The molecule has 10 heteroatoms. The van der Waals surface area contributed by atoms with Crippen molar-refractivity contribution in [3.63, 3.8) is 0 Å². The van der Waals surface area contributed by atoms with Crippen LogP contribution in [-0.4, -0.2) is 41.6 Å². The number of nitrogens with zero attached hydrogens (tertiary/aromatic N) is 4. The van der Waals surface area contributed by atoms with Crippen LogP contribution in [0.5, 0.6) is 0 Å². The number of fused-ring (bicyclic) bond motifs is 1. The first-order valence-electron chi connectivity index (χ1n) is 9.59. The fourth-order valence-corrected chi connectivity index (χ4v) is 4.43. The molecule has 0 bridgehead atoms. The van der Waals surface area contributed by atoms with Crippen molar-refractivity contribution in [1.82, 2.24) is 19.1 Å². The molecule has 1 aliphatic carbocycles. The lowest BCUT2D eigenvalue weighted by molar-refractivity contribution is 0.426. The highest BCUT2D eigenvalue weighted by Crippen LogP contribution is 2.42. The number of rotatable bonds is 7. The van der Waals surface area contributed by atoms with E-state index in [4.69, 9.17) is 0 Å². The second kappa shape index (κ2) is 7.59. The molecule has 1 saturated carbocycles. The largest absolute Gasteiger partial charge is 0.338 e. The van der Waals surface area contributed by atoms with Gasteiger partial charge in [0.25, 0.3) is 5.56 Å². The number of nitrogens with one attached hydrogen (secondary N) is 2. The molecule has 3 aromatic rings. The van der Waals surface area contributed by atoms with Gasteiger partial charge < -0.3 is 10.3 Å². The Kier molecular flexibility index (Phi) is 5.09. The van der Waals surface area contributed by atoms with E-state index in [0.717, 1.165) is 17.1 Å². The van der Waals surface area contributed by atoms with Crippen LogP contribution < -0.4 is 10.9 Å². The molecule has 1 fully saturated rings. The first-order valence-corrected chi connectivity index (χ1v) is 11.0. The Bertz CT molecular complexity index is 1280. The summed E-state index contributed by atoms with van der Waals surface area (Å²) in [6, 6.07) is 10.2. The Balaban J connectivity index is 1.73. The van der Waals surface area contributed by atoms with Crippen molar-refractivity contribution in [3.05, 3.63) is 46.9 Å². The average molecular weight is 427 g/mol. The van der Waals surface area contributed by atoms with E-state index < -0.39 is 10.0 Å². The van der Waals surface area contributed by atoms with Crippen molar-refractivity contribution in [2.75, 3.05) is 19.4 Å². The summed E-state index contributed by atoms with van der Waals surface area (Å²) >= 11 is 0. The number of pyridine rings is 1. The van der Waals surface area contributed by atoms with Crippen molar-refractivity contribution in [3.8, 4) is 6.07 Å². The maximum Gasteiger partial charge on any atom is 0.261 e. The fraction of sp³-hybridized carbons (Fsp3) is 0.350. The number of aromatic nitrogens is 3. The summed E-state index contributed by atoms with van der Waals surface area (Å²) < 4.78 is 27.4. The van der Waals surface area contributed by atoms with E-state index in [1.807, 2.05) is 0 Å². The van der Waals surface area contributed by atoms with E-state index in [-0.39, 0.29) is 16.5 Å². The highest BCUT2D eigenvalue weighted by atomic mass is 32.2. The number of hydrogen-bond donors (Lipinski definition) is 2. The van der Waals surface area contributed by atoms with Crippen LogP contribution in [0.3, 0.4) is 0 Å². The predicted molar refractivity (Wildman–Crippen MR) is 113 cm³/mol. The maximum absolute atomic E-state index is 12.5. The molecule has 2 heterocycles. The van der Waals surface area contributed by atoms with Crippen LogP contribution in [0.25, 0.3) is 10.9 Å². The minimum Gasteiger partial charge on any atom is -0.338 e. The van der Waals surface area contributed by atoms with Crippen molar-refractivity contribution >= 4 is 32.4 Å². The van der Waals surface area contributed by atoms with Crippen LogP contribution in [-0.2, 0) is 10.0 Å². The summed E-state index contributed by atoms with van der Waals surface area (Å²) in [5.41, 5.74) is 0.991. The van der Waals surface area contributed by atoms with Gasteiger partial charge in [-0.15, -0.1) is 0 Å². The normalized spacial score (nSPS) is 15.3. The lowest BCUT2D eigenvalue weighted by Gasteiger charge is -2.14. The summed E-state index contributed by atoms with van der Waals surface area (Å²) in [5.74, 6) is 0.758. The first kappa shape index (κ1) is 20.1. The van der Waals surface area contributed by atoms with Crippen molar-refractivity contribution in [2.24, 2.45) is 5.92 Å². The predicted octanol–water partition coefficient (Wildman–Crippen LogP) is 2.58. The van der Waals surface area contributed by atoms with Gasteiger partial charge in [0, 0.05) is 26.0 Å².